The van der Waals surface area contributed by atoms with Crippen LogP contribution in [0.3, 0.4) is 0 Å². The van der Waals surface area contributed by atoms with Crippen LogP contribution in [0.1, 0.15) is 10.4 Å². The summed E-state index contributed by atoms with van der Waals surface area (Å²) in [6.45, 7) is 0. The van der Waals surface area contributed by atoms with E-state index < -0.39 is 11.7 Å². The number of pyridine rings is 1. The number of hydrogen-bond acceptors (Lipinski definition) is 2. The number of anilines is 1. The molecule has 0 radical (unpaired) electrons. The Morgan fingerprint density at radius 1 is 1.22 bits per heavy atom. The third-order valence-electron chi connectivity index (χ3n) is 2.17. The highest BCUT2D eigenvalue weighted by Crippen LogP contribution is 2.21. The van der Waals surface area contributed by atoms with Crippen molar-refractivity contribution < 1.29 is 9.18 Å². The summed E-state index contributed by atoms with van der Waals surface area (Å²) in [6.07, 6.45) is 1.57. The van der Waals surface area contributed by atoms with Crippen LogP contribution in [0.5, 0.6) is 0 Å². The number of aromatic nitrogens is 1. The Balaban J connectivity index is 2.22. The van der Waals surface area contributed by atoms with Crippen LogP contribution in [0.4, 0.5) is 10.2 Å². The zero-order valence-electron chi connectivity index (χ0n) is 8.95. The Labute approximate surface area is 120 Å². The van der Waals surface area contributed by atoms with Crippen LogP contribution in [-0.4, -0.2) is 10.9 Å². The quantitative estimate of drug-likeness (QED) is 0.864. The molecule has 0 atom stereocenters. The summed E-state index contributed by atoms with van der Waals surface area (Å²) in [7, 11) is 0. The van der Waals surface area contributed by atoms with Gasteiger partial charge in [-0.15, -0.1) is 0 Å². The van der Waals surface area contributed by atoms with Gasteiger partial charge in [0, 0.05) is 10.7 Å². The number of amides is 1. The van der Waals surface area contributed by atoms with Gasteiger partial charge in [0.05, 0.1) is 10.0 Å². The number of hydrogen-bond donors (Lipinski definition) is 1. The van der Waals surface area contributed by atoms with Crippen molar-refractivity contribution in [2.24, 2.45) is 0 Å². The lowest BCUT2D eigenvalue weighted by Gasteiger charge is -2.06. The molecule has 0 bridgehead atoms. The van der Waals surface area contributed by atoms with E-state index in [4.69, 9.17) is 0 Å². The predicted molar refractivity (Wildman–Crippen MR) is 74.0 cm³/mol. The Morgan fingerprint density at radius 2 is 2.00 bits per heavy atom. The van der Waals surface area contributed by atoms with Crippen LogP contribution in [0.25, 0.3) is 0 Å². The SMILES string of the molecule is O=C(Nc1ccc(Br)cn1)c1cccc(F)c1Br. The highest BCUT2D eigenvalue weighted by molar-refractivity contribution is 9.10. The minimum atomic E-state index is -0.480. The molecule has 3 nitrogen and oxygen atoms in total. The van der Waals surface area contributed by atoms with E-state index in [9.17, 15) is 9.18 Å². The number of halogens is 3. The van der Waals surface area contributed by atoms with Crippen LogP contribution < -0.4 is 5.32 Å². The summed E-state index contributed by atoms with van der Waals surface area (Å²) in [5.41, 5.74) is 0.222. The predicted octanol–water partition coefficient (Wildman–Crippen LogP) is 4.00. The van der Waals surface area contributed by atoms with Gasteiger partial charge in [0.25, 0.3) is 5.91 Å². The van der Waals surface area contributed by atoms with E-state index in [-0.39, 0.29) is 10.0 Å². The molecule has 1 N–H and O–H groups in total. The van der Waals surface area contributed by atoms with Gasteiger partial charge in [0.2, 0.25) is 0 Å². The molecular formula is C12H7Br2FN2O. The minimum Gasteiger partial charge on any atom is -0.307 e. The second-order valence-electron chi connectivity index (χ2n) is 3.42. The third kappa shape index (κ3) is 2.94. The van der Waals surface area contributed by atoms with Crippen LogP contribution in [0, 0.1) is 5.82 Å². The monoisotopic (exact) mass is 372 g/mol. The number of benzene rings is 1. The molecule has 0 aliphatic carbocycles. The van der Waals surface area contributed by atoms with Gasteiger partial charge in [0.1, 0.15) is 11.6 Å². The lowest BCUT2D eigenvalue weighted by molar-refractivity contribution is 0.102. The van der Waals surface area contributed by atoms with Gasteiger partial charge in [-0.25, -0.2) is 9.37 Å². The molecule has 0 aliphatic rings. The molecule has 0 saturated carbocycles. The summed E-state index contributed by atoms with van der Waals surface area (Å²) >= 11 is 6.29. The molecule has 92 valence electrons. The zero-order valence-corrected chi connectivity index (χ0v) is 12.1. The van der Waals surface area contributed by atoms with Gasteiger partial charge in [-0.2, -0.15) is 0 Å². The number of carbonyl (C=O) groups is 1. The average molecular weight is 374 g/mol. The molecule has 6 heteroatoms. The van der Waals surface area contributed by atoms with Crippen molar-refractivity contribution in [1.82, 2.24) is 4.98 Å². The minimum absolute atomic E-state index is 0.139. The molecule has 1 heterocycles. The Morgan fingerprint density at radius 3 is 2.67 bits per heavy atom. The largest absolute Gasteiger partial charge is 0.307 e. The van der Waals surface area contributed by atoms with Crippen LogP contribution >= 0.6 is 31.9 Å². The molecule has 0 spiro atoms. The number of carbonyl (C=O) groups excluding carboxylic acids is 1. The number of nitrogens with zero attached hydrogens (tertiary/aromatic N) is 1. The first-order chi connectivity index (χ1) is 8.58. The molecule has 1 aromatic heterocycles. The van der Waals surface area contributed by atoms with Crippen molar-refractivity contribution in [1.29, 1.82) is 0 Å². The Bertz CT molecular complexity index is 587. The molecule has 18 heavy (non-hydrogen) atoms. The lowest BCUT2D eigenvalue weighted by atomic mass is 10.2. The van der Waals surface area contributed by atoms with Gasteiger partial charge in [-0.05, 0) is 56.1 Å². The van der Waals surface area contributed by atoms with Crippen molar-refractivity contribution >= 4 is 43.6 Å². The molecule has 1 aromatic carbocycles. The van der Waals surface area contributed by atoms with E-state index in [2.05, 4.69) is 42.2 Å². The molecule has 0 unspecified atom stereocenters. The first kappa shape index (κ1) is 13.2. The molecular weight excluding hydrogens is 367 g/mol. The van der Waals surface area contributed by atoms with E-state index in [0.717, 1.165) is 4.47 Å². The fraction of sp³-hybridized carbons (Fsp3) is 0. The molecule has 0 saturated heterocycles. The first-order valence-electron chi connectivity index (χ1n) is 4.95. The Kier molecular flexibility index (Phi) is 4.08. The van der Waals surface area contributed by atoms with Crippen molar-refractivity contribution in [3.63, 3.8) is 0 Å². The second kappa shape index (κ2) is 5.58. The van der Waals surface area contributed by atoms with Crippen LogP contribution in [0.2, 0.25) is 0 Å². The zero-order chi connectivity index (χ0) is 13.1. The summed E-state index contributed by atoms with van der Waals surface area (Å²) in [5, 5.41) is 2.59. The van der Waals surface area contributed by atoms with Gasteiger partial charge in [-0.3, -0.25) is 4.79 Å². The molecule has 0 aliphatic heterocycles. The van der Waals surface area contributed by atoms with E-state index in [0.29, 0.717) is 5.82 Å². The summed E-state index contributed by atoms with van der Waals surface area (Å²) in [4.78, 5) is 15.9. The van der Waals surface area contributed by atoms with Crippen molar-refractivity contribution in [2.45, 2.75) is 0 Å². The Hall–Kier alpha value is -1.27. The highest BCUT2D eigenvalue weighted by atomic mass is 79.9. The van der Waals surface area contributed by atoms with E-state index in [1.165, 1.54) is 18.2 Å². The molecule has 0 fully saturated rings. The average Bonchev–Trinajstić information content (AvgIpc) is 2.35. The first-order valence-corrected chi connectivity index (χ1v) is 6.53. The lowest BCUT2D eigenvalue weighted by Crippen LogP contribution is -2.13. The van der Waals surface area contributed by atoms with Crippen molar-refractivity contribution in [3.05, 3.63) is 56.9 Å². The van der Waals surface area contributed by atoms with Crippen molar-refractivity contribution in [2.75, 3.05) is 5.32 Å². The molecule has 2 aromatic rings. The highest BCUT2D eigenvalue weighted by Gasteiger charge is 2.13. The second-order valence-corrected chi connectivity index (χ2v) is 5.13. The van der Waals surface area contributed by atoms with E-state index in [1.807, 2.05) is 0 Å². The molecule has 2 rings (SSSR count). The summed E-state index contributed by atoms with van der Waals surface area (Å²) in [5.74, 6) is -0.498. The smallest absolute Gasteiger partial charge is 0.258 e. The topological polar surface area (TPSA) is 42.0 Å². The number of rotatable bonds is 2. The summed E-state index contributed by atoms with van der Waals surface area (Å²) < 4.78 is 14.2. The standard InChI is InChI=1S/C12H7Br2FN2O/c13-7-4-5-10(16-6-7)17-12(18)8-2-1-3-9(15)11(8)14/h1-6H,(H,16,17,18). The number of nitrogens with one attached hydrogen (secondary N) is 1. The van der Waals surface area contributed by atoms with E-state index >= 15 is 0 Å². The van der Waals surface area contributed by atoms with Gasteiger partial charge in [0.15, 0.2) is 0 Å². The van der Waals surface area contributed by atoms with Crippen LogP contribution in [-0.2, 0) is 0 Å². The van der Waals surface area contributed by atoms with Gasteiger partial charge < -0.3 is 5.32 Å². The normalized spacial score (nSPS) is 10.2. The van der Waals surface area contributed by atoms with Crippen molar-refractivity contribution in [3.8, 4) is 0 Å². The summed E-state index contributed by atoms with van der Waals surface area (Å²) in [6, 6.07) is 7.68. The third-order valence-corrected chi connectivity index (χ3v) is 3.44. The van der Waals surface area contributed by atoms with Crippen LogP contribution in [0.15, 0.2) is 45.5 Å². The van der Waals surface area contributed by atoms with E-state index in [1.54, 1.807) is 18.3 Å². The van der Waals surface area contributed by atoms with Gasteiger partial charge in [-0.1, -0.05) is 6.07 Å². The fourth-order valence-corrected chi connectivity index (χ4v) is 1.99. The maximum Gasteiger partial charge on any atom is 0.258 e. The fourth-order valence-electron chi connectivity index (χ4n) is 1.31. The molecule has 1 amide bonds. The van der Waals surface area contributed by atoms with Gasteiger partial charge >= 0.3 is 0 Å². The maximum absolute atomic E-state index is 13.3. The maximum atomic E-state index is 13.3.